The number of carbonyl (C=O) groups is 1. The van der Waals surface area contributed by atoms with Gasteiger partial charge in [0.1, 0.15) is 5.82 Å². The van der Waals surface area contributed by atoms with Crippen LogP contribution in [0.15, 0.2) is 61.2 Å². The second-order valence-electron chi connectivity index (χ2n) is 5.56. The number of fused-ring (bicyclic) bond motifs is 1. The molecule has 0 aliphatic carbocycles. The van der Waals surface area contributed by atoms with Crippen LogP contribution in [-0.2, 0) is 6.54 Å². The maximum absolute atomic E-state index is 12.4. The fraction of sp³-hybridized carbons (Fsp3) is 0.158. The van der Waals surface area contributed by atoms with Crippen LogP contribution >= 0.6 is 11.6 Å². The summed E-state index contributed by atoms with van der Waals surface area (Å²) in [6, 6.07) is 14.5. The predicted octanol–water partition coefficient (Wildman–Crippen LogP) is 4.37. The Labute approximate surface area is 145 Å². The number of para-hydroxylation sites is 2. The van der Waals surface area contributed by atoms with Crippen molar-refractivity contribution in [2.45, 2.75) is 19.5 Å². The molecule has 1 atom stereocenters. The van der Waals surface area contributed by atoms with Crippen LogP contribution < -0.4 is 5.32 Å². The molecule has 2 aromatic carbocycles. The first-order valence-electron chi connectivity index (χ1n) is 7.72. The van der Waals surface area contributed by atoms with Crippen LogP contribution in [0, 0.1) is 0 Å². The first-order chi connectivity index (χ1) is 11.6. The third-order valence-electron chi connectivity index (χ3n) is 3.84. The molecule has 0 aliphatic rings. The van der Waals surface area contributed by atoms with E-state index in [1.807, 2.05) is 37.3 Å². The molecule has 0 spiro atoms. The van der Waals surface area contributed by atoms with Crippen molar-refractivity contribution >= 4 is 28.5 Å². The molecular formula is C19H18ClN3O. The molecule has 4 nitrogen and oxygen atoms in total. The van der Waals surface area contributed by atoms with E-state index in [9.17, 15) is 4.79 Å². The van der Waals surface area contributed by atoms with Crippen molar-refractivity contribution < 1.29 is 4.79 Å². The maximum atomic E-state index is 12.4. The number of imidazole rings is 1. The van der Waals surface area contributed by atoms with Crippen molar-refractivity contribution in [1.29, 1.82) is 0 Å². The Hall–Kier alpha value is -2.59. The molecule has 0 saturated heterocycles. The van der Waals surface area contributed by atoms with E-state index in [0.717, 1.165) is 16.9 Å². The van der Waals surface area contributed by atoms with Gasteiger partial charge in [-0.25, -0.2) is 4.98 Å². The summed E-state index contributed by atoms with van der Waals surface area (Å²) < 4.78 is 2.06. The number of carbonyl (C=O) groups excluding carboxylic acids is 1. The van der Waals surface area contributed by atoms with E-state index < -0.39 is 0 Å². The fourth-order valence-corrected chi connectivity index (χ4v) is 2.82. The number of aromatic nitrogens is 2. The van der Waals surface area contributed by atoms with Gasteiger partial charge in [-0.05, 0) is 43.3 Å². The fourth-order valence-electron chi connectivity index (χ4n) is 2.69. The molecule has 122 valence electrons. The van der Waals surface area contributed by atoms with Gasteiger partial charge in [0.2, 0.25) is 0 Å². The van der Waals surface area contributed by atoms with Crippen molar-refractivity contribution in [2.75, 3.05) is 0 Å². The molecule has 0 radical (unpaired) electrons. The SMILES string of the molecule is C=CCn1c([C@H](C)NC(=O)c2ccc(Cl)cc2)nc2ccccc21. The molecule has 1 N–H and O–H groups in total. The summed E-state index contributed by atoms with van der Waals surface area (Å²) in [5.41, 5.74) is 2.50. The van der Waals surface area contributed by atoms with E-state index in [2.05, 4.69) is 21.4 Å². The van der Waals surface area contributed by atoms with Gasteiger partial charge in [0.15, 0.2) is 0 Å². The molecule has 1 aromatic heterocycles. The van der Waals surface area contributed by atoms with Gasteiger partial charge in [0.05, 0.1) is 17.1 Å². The Morgan fingerprint density at radius 2 is 2.00 bits per heavy atom. The molecule has 0 aliphatic heterocycles. The lowest BCUT2D eigenvalue weighted by atomic mass is 10.2. The topological polar surface area (TPSA) is 46.9 Å². The van der Waals surface area contributed by atoms with Crippen LogP contribution in [0.3, 0.4) is 0 Å². The van der Waals surface area contributed by atoms with Gasteiger partial charge in [-0.1, -0.05) is 29.8 Å². The summed E-state index contributed by atoms with van der Waals surface area (Å²) >= 11 is 5.86. The average molecular weight is 340 g/mol. The number of nitrogens with one attached hydrogen (secondary N) is 1. The lowest BCUT2D eigenvalue weighted by Crippen LogP contribution is -2.28. The molecule has 5 heteroatoms. The Morgan fingerprint density at radius 1 is 1.29 bits per heavy atom. The van der Waals surface area contributed by atoms with Crippen LogP contribution in [0.1, 0.15) is 29.1 Å². The number of nitrogens with zero attached hydrogens (tertiary/aromatic N) is 2. The highest BCUT2D eigenvalue weighted by atomic mass is 35.5. The number of halogens is 1. The summed E-state index contributed by atoms with van der Waals surface area (Å²) in [6.45, 7) is 6.37. The minimum Gasteiger partial charge on any atom is -0.342 e. The van der Waals surface area contributed by atoms with Crippen LogP contribution in [-0.4, -0.2) is 15.5 Å². The van der Waals surface area contributed by atoms with Crippen LogP contribution in [0.5, 0.6) is 0 Å². The van der Waals surface area contributed by atoms with Gasteiger partial charge >= 0.3 is 0 Å². The summed E-state index contributed by atoms with van der Waals surface area (Å²) in [6.07, 6.45) is 1.82. The molecule has 3 aromatic rings. The van der Waals surface area contributed by atoms with E-state index in [0.29, 0.717) is 17.1 Å². The number of hydrogen-bond acceptors (Lipinski definition) is 2. The van der Waals surface area contributed by atoms with Gasteiger partial charge in [-0.2, -0.15) is 0 Å². The van der Waals surface area contributed by atoms with E-state index in [1.165, 1.54) is 0 Å². The van der Waals surface area contributed by atoms with Gasteiger partial charge < -0.3 is 9.88 Å². The van der Waals surface area contributed by atoms with Gasteiger partial charge in [0.25, 0.3) is 5.91 Å². The Balaban J connectivity index is 1.89. The Kier molecular flexibility index (Phi) is 4.67. The first-order valence-corrected chi connectivity index (χ1v) is 8.10. The van der Waals surface area contributed by atoms with E-state index in [-0.39, 0.29) is 11.9 Å². The van der Waals surface area contributed by atoms with Crippen molar-refractivity contribution in [2.24, 2.45) is 0 Å². The summed E-state index contributed by atoms with van der Waals surface area (Å²) in [5.74, 6) is 0.648. The van der Waals surface area contributed by atoms with Crippen molar-refractivity contribution in [3.63, 3.8) is 0 Å². The second kappa shape index (κ2) is 6.89. The Bertz CT molecular complexity index is 883. The van der Waals surface area contributed by atoms with Gasteiger partial charge in [0, 0.05) is 17.1 Å². The summed E-state index contributed by atoms with van der Waals surface area (Å²) in [4.78, 5) is 17.1. The number of allylic oxidation sites excluding steroid dienone is 1. The normalized spacial score (nSPS) is 12.1. The molecule has 0 bridgehead atoms. The lowest BCUT2D eigenvalue weighted by molar-refractivity contribution is 0.0938. The third kappa shape index (κ3) is 3.19. The van der Waals surface area contributed by atoms with Crippen molar-refractivity contribution in [3.05, 3.63) is 77.6 Å². The minimum absolute atomic E-state index is 0.156. The van der Waals surface area contributed by atoms with Crippen molar-refractivity contribution in [3.8, 4) is 0 Å². The third-order valence-corrected chi connectivity index (χ3v) is 4.09. The Morgan fingerprint density at radius 3 is 2.71 bits per heavy atom. The molecule has 0 unspecified atom stereocenters. The molecule has 3 rings (SSSR count). The lowest BCUT2D eigenvalue weighted by Gasteiger charge is -2.15. The zero-order valence-electron chi connectivity index (χ0n) is 13.4. The molecule has 24 heavy (non-hydrogen) atoms. The van der Waals surface area contributed by atoms with Crippen LogP contribution in [0.2, 0.25) is 5.02 Å². The van der Waals surface area contributed by atoms with E-state index in [4.69, 9.17) is 11.6 Å². The van der Waals surface area contributed by atoms with Crippen LogP contribution in [0.4, 0.5) is 0 Å². The maximum Gasteiger partial charge on any atom is 0.251 e. The number of hydrogen-bond donors (Lipinski definition) is 1. The number of amides is 1. The first kappa shape index (κ1) is 16.3. The van der Waals surface area contributed by atoms with Crippen LogP contribution in [0.25, 0.3) is 11.0 Å². The minimum atomic E-state index is -0.236. The average Bonchev–Trinajstić information content (AvgIpc) is 2.95. The highest BCUT2D eigenvalue weighted by molar-refractivity contribution is 6.30. The highest BCUT2D eigenvalue weighted by Gasteiger charge is 2.18. The predicted molar refractivity (Wildman–Crippen MR) is 97.3 cm³/mol. The quantitative estimate of drug-likeness (QED) is 0.702. The largest absolute Gasteiger partial charge is 0.342 e. The molecular weight excluding hydrogens is 322 g/mol. The zero-order valence-corrected chi connectivity index (χ0v) is 14.1. The summed E-state index contributed by atoms with van der Waals surface area (Å²) in [5, 5.41) is 3.60. The number of benzene rings is 2. The molecule has 1 amide bonds. The number of rotatable bonds is 5. The highest BCUT2D eigenvalue weighted by Crippen LogP contribution is 2.21. The molecule has 0 saturated carbocycles. The molecule has 0 fully saturated rings. The monoisotopic (exact) mass is 339 g/mol. The van der Waals surface area contributed by atoms with E-state index in [1.54, 1.807) is 24.3 Å². The summed E-state index contributed by atoms with van der Waals surface area (Å²) in [7, 11) is 0. The van der Waals surface area contributed by atoms with Gasteiger partial charge in [-0.3, -0.25) is 4.79 Å². The van der Waals surface area contributed by atoms with E-state index >= 15 is 0 Å². The smallest absolute Gasteiger partial charge is 0.251 e. The second-order valence-corrected chi connectivity index (χ2v) is 6.00. The zero-order chi connectivity index (χ0) is 17.1. The molecule has 1 heterocycles. The van der Waals surface area contributed by atoms with Crippen molar-refractivity contribution in [1.82, 2.24) is 14.9 Å². The standard InChI is InChI=1S/C19H18ClN3O/c1-3-12-23-17-7-5-4-6-16(17)22-18(23)13(2)21-19(24)14-8-10-15(20)11-9-14/h3-11,13H,1,12H2,2H3,(H,21,24)/t13-/m0/s1. The van der Waals surface area contributed by atoms with Gasteiger partial charge in [-0.15, -0.1) is 6.58 Å².